The van der Waals surface area contributed by atoms with Crippen LogP contribution in [0.25, 0.3) is 21.7 Å². The van der Waals surface area contributed by atoms with Crippen molar-refractivity contribution >= 4 is 33.9 Å². The average molecular weight is 440 g/mol. The molecule has 8 heteroatoms. The number of hydrogen-bond acceptors (Lipinski definition) is 7. The molecule has 3 aromatic rings. The number of carbonyl (C=O) groups excluding carboxylic acids is 2. The van der Waals surface area contributed by atoms with Crippen LogP contribution in [-0.4, -0.2) is 56.8 Å². The summed E-state index contributed by atoms with van der Waals surface area (Å²) in [5, 5.41) is 13.0. The van der Waals surface area contributed by atoms with Crippen LogP contribution >= 0.6 is 0 Å². The minimum atomic E-state index is -0.508. The summed E-state index contributed by atoms with van der Waals surface area (Å²) in [6, 6.07) is 10.2. The van der Waals surface area contributed by atoms with Crippen LogP contribution in [-0.2, 0) is 14.3 Å². The van der Waals surface area contributed by atoms with Crippen molar-refractivity contribution in [3.8, 4) is 5.75 Å². The highest BCUT2D eigenvalue weighted by molar-refractivity contribution is 6.08. The molecule has 1 amide bonds. The molecule has 1 unspecified atom stereocenters. The van der Waals surface area contributed by atoms with Gasteiger partial charge < -0.3 is 29.4 Å². The molecule has 2 heterocycles. The zero-order valence-corrected chi connectivity index (χ0v) is 18.3. The van der Waals surface area contributed by atoms with Crippen molar-refractivity contribution in [3.63, 3.8) is 0 Å². The van der Waals surface area contributed by atoms with E-state index in [-0.39, 0.29) is 12.3 Å². The molecular formula is C24H29N3O5. The largest absolute Gasteiger partial charge is 0.492 e. The fourth-order valence-electron chi connectivity index (χ4n) is 4.13. The number of benzene rings is 2. The van der Waals surface area contributed by atoms with Crippen LogP contribution in [0.4, 0.5) is 0 Å². The summed E-state index contributed by atoms with van der Waals surface area (Å²) >= 11 is 0. The van der Waals surface area contributed by atoms with Gasteiger partial charge in [0.05, 0.1) is 11.3 Å². The van der Waals surface area contributed by atoms with Gasteiger partial charge in [-0.25, -0.2) is 0 Å². The quantitative estimate of drug-likeness (QED) is 0.370. The standard InChI is InChI=1S/C24H29N3O5/c1-25-22(29)7-3-17(15-28)24-23-20-5-4-19(14-16(20)2-6-21(23)32-27-24)31-13-10-26-18-8-11-30-12-9-18/h2,4-6,14-15,17-18,26H,3,7-13H2,1H3,(H,25,29). The number of hydrogen-bond donors (Lipinski definition) is 2. The maximum Gasteiger partial charge on any atom is 0.219 e. The maximum absolute atomic E-state index is 11.8. The molecule has 1 fully saturated rings. The van der Waals surface area contributed by atoms with Gasteiger partial charge in [-0.1, -0.05) is 11.2 Å². The predicted molar refractivity (Wildman–Crippen MR) is 121 cm³/mol. The Morgan fingerprint density at radius 3 is 2.91 bits per heavy atom. The summed E-state index contributed by atoms with van der Waals surface area (Å²) in [6.07, 6.45) is 3.54. The van der Waals surface area contributed by atoms with Crippen molar-refractivity contribution in [3.05, 3.63) is 36.0 Å². The number of carbonyl (C=O) groups is 2. The van der Waals surface area contributed by atoms with Gasteiger partial charge in [0.25, 0.3) is 0 Å². The van der Waals surface area contributed by atoms with Crippen molar-refractivity contribution in [2.75, 3.05) is 33.4 Å². The molecule has 1 aliphatic rings. The first-order valence-corrected chi connectivity index (χ1v) is 11.1. The van der Waals surface area contributed by atoms with Gasteiger partial charge in [0.1, 0.15) is 24.3 Å². The molecule has 0 aliphatic carbocycles. The zero-order valence-electron chi connectivity index (χ0n) is 18.3. The topological polar surface area (TPSA) is 103 Å². The molecule has 170 valence electrons. The number of fused-ring (bicyclic) bond motifs is 3. The SMILES string of the molecule is CNC(=O)CCC(C=O)c1noc2ccc3cc(OCCNC4CCOCC4)ccc3c12. The second kappa shape index (κ2) is 10.6. The number of ether oxygens (including phenoxy) is 2. The van der Waals surface area contributed by atoms with Gasteiger partial charge in [0.2, 0.25) is 5.91 Å². The Bertz CT molecular complexity index is 1070. The van der Waals surface area contributed by atoms with Crippen LogP contribution in [0.15, 0.2) is 34.9 Å². The lowest BCUT2D eigenvalue weighted by Gasteiger charge is -2.23. The van der Waals surface area contributed by atoms with E-state index in [4.69, 9.17) is 14.0 Å². The van der Waals surface area contributed by atoms with Crippen molar-refractivity contribution in [1.29, 1.82) is 0 Å². The first-order valence-electron chi connectivity index (χ1n) is 11.1. The second-order valence-electron chi connectivity index (χ2n) is 8.03. The molecule has 8 nitrogen and oxygen atoms in total. The van der Waals surface area contributed by atoms with E-state index >= 15 is 0 Å². The minimum Gasteiger partial charge on any atom is -0.492 e. The Morgan fingerprint density at radius 2 is 2.12 bits per heavy atom. The second-order valence-corrected chi connectivity index (χ2v) is 8.03. The third kappa shape index (κ3) is 5.08. The van der Waals surface area contributed by atoms with E-state index in [9.17, 15) is 9.59 Å². The molecule has 1 atom stereocenters. The van der Waals surface area contributed by atoms with E-state index in [1.54, 1.807) is 7.05 Å². The van der Waals surface area contributed by atoms with Crippen molar-refractivity contribution in [2.45, 2.75) is 37.6 Å². The lowest BCUT2D eigenvalue weighted by molar-refractivity contribution is -0.120. The minimum absolute atomic E-state index is 0.109. The van der Waals surface area contributed by atoms with Gasteiger partial charge in [-0.05, 0) is 54.3 Å². The summed E-state index contributed by atoms with van der Waals surface area (Å²) in [5.74, 6) is 0.170. The molecule has 0 spiro atoms. The Kier molecular flexibility index (Phi) is 7.34. The maximum atomic E-state index is 11.8. The van der Waals surface area contributed by atoms with Crippen LogP contribution in [0.1, 0.15) is 37.3 Å². The molecule has 32 heavy (non-hydrogen) atoms. The summed E-state index contributed by atoms with van der Waals surface area (Å²) in [5.41, 5.74) is 1.19. The highest BCUT2D eigenvalue weighted by Crippen LogP contribution is 2.34. The third-order valence-corrected chi connectivity index (χ3v) is 5.95. The smallest absolute Gasteiger partial charge is 0.219 e. The van der Waals surface area contributed by atoms with Crippen LogP contribution in [0.2, 0.25) is 0 Å². The van der Waals surface area contributed by atoms with Gasteiger partial charge in [0, 0.05) is 39.3 Å². The molecular weight excluding hydrogens is 410 g/mol. The monoisotopic (exact) mass is 439 g/mol. The van der Waals surface area contributed by atoms with E-state index in [1.165, 1.54) is 0 Å². The lowest BCUT2D eigenvalue weighted by atomic mass is 9.95. The van der Waals surface area contributed by atoms with E-state index in [0.29, 0.717) is 30.3 Å². The number of aromatic nitrogens is 1. The molecule has 1 aliphatic heterocycles. The molecule has 2 aromatic carbocycles. The molecule has 1 aromatic heterocycles. The van der Waals surface area contributed by atoms with Gasteiger partial charge in [0.15, 0.2) is 5.58 Å². The molecule has 2 N–H and O–H groups in total. The van der Waals surface area contributed by atoms with E-state index < -0.39 is 5.92 Å². The summed E-state index contributed by atoms with van der Waals surface area (Å²) in [4.78, 5) is 23.4. The zero-order chi connectivity index (χ0) is 22.3. The summed E-state index contributed by atoms with van der Waals surface area (Å²) in [7, 11) is 1.58. The van der Waals surface area contributed by atoms with Gasteiger partial charge in [-0.3, -0.25) is 4.79 Å². The molecule has 0 bridgehead atoms. The van der Waals surface area contributed by atoms with Gasteiger partial charge in [-0.15, -0.1) is 0 Å². The lowest BCUT2D eigenvalue weighted by Crippen LogP contribution is -2.37. The van der Waals surface area contributed by atoms with Crippen LogP contribution in [0, 0.1) is 0 Å². The molecule has 0 radical (unpaired) electrons. The van der Waals surface area contributed by atoms with E-state index in [1.807, 2.05) is 30.3 Å². The Labute approximate surface area is 186 Å². The van der Waals surface area contributed by atoms with Crippen LogP contribution < -0.4 is 15.4 Å². The number of nitrogens with one attached hydrogen (secondary N) is 2. The predicted octanol–water partition coefficient (Wildman–Crippen LogP) is 2.94. The highest BCUT2D eigenvalue weighted by Gasteiger charge is 2.21. The number of aldehydes is 1. The van der Waals surface area contributed by atoms with E-state index in [2.05, 4.69) is 15.8 Å². The van der Waals surface area contributed by atoms with Crippen molar-refractivity contribution in [1.82, 2.24) is 15.8 Å². The summed E-state index contributed by atoms with van der Waals surface area (Å²) < 4.78 is 16.8. The number of amides is 1. The Morgan fingerprint density at radius 1 is 1.28 bits per heavy atom. The van der Waals surface area contributed by atoms with Crippen LogP contribution in [0.3, 0.4) is 0 Å². The molecule has 1 saturated heterocycles. The average Bonchev–Trinajstić information content (AvgIpc) is 3.27. The van der Waals surface area contributed by atoms with E-state index in [0.717, 1.165) is 60.8 Å². The summed E-state index contributed by atoms with van der Waals surface area (Å²) in [6.45, 7) is 3.00. The van der Waals surface area contributed by atoms with Crippen molar-refractivity contribution in [2.24, 2.45) is 0 Å². The molecule has 0 saturated carbocycles. The highest BCUT2D eigenvalue weighted by atomic mass is 16.5. The van der Waals surface area contributed by atoms with Gasteiger partial charge >= 0.3 is 0 Å². The molecule has 4 rings (SSSR count). The van der Waals surface area contributed by atoms with Gasteiger partial charge in [-0.2, -0.15) is 0 Å². The Hall–Kier alpha value is -2.97. The Balaban J connectivity index is 1.47. The number of nitrogens with zero attached hydrogens (tertiary/aromatic N) is 1. The number of rotatable bonds is 10. The van der Waals surface area contributed by atoms with Crippen molar-refractivity contribution < 1.29 is 23.6 Å². The normalized spacial score (nSPS) is 15.7. The first kappa shape index (κ1) is 22.2. The fraction of sp³-hybridized carbons (Fsp3) is 0.458. The third-order valence-electron chi connectivity index (χ3n) is 5.95. The fourth-order valence-corrected chi connectivity index (χ4v) is 4.13. The first-order chi connectivity index (χ1) is 15.7. The van der Waals surface area contributed by atoms with Crippen LogP contribution in [0.5, 0.6) is 5.75 Å².